The zero-order chi connectivity index (χ0) is 15.5. The van der Waals surface area contributed by atoms with Crippen molar-refractivity contribution in [3.05, 3.63) is 24.0 Å². The van der Waals surface area contributed by atoms with Crippen LogP contribution in [0.3, 0.4) is 0 Å². The first-order chi connectivity index (χ1) is 9.89. The zero-order valence-corrected chi connectivity index (χ0v) is 11.5. The predicted molar refractivity (Wildman–Crippen MR) is 71.9 cm³/mol. The molecule has 0 saturated carbocycles. The number of hydrogen-bond acceptors (Lipinski definition) is 3. The number of nitrogens with zero attached hydrogens (tertiary/aromatic N) is 1. The van der Waals surface area contributed by atoms with Gasteiger partial charge in [-0.25, -0.2) is 4.39 Å². The molecule has 0 bridgehead atoms. The first-order valence-electron chi connectivity index (χ1n) is 6.83. The standard InChI is InChI=1S/C14H18F4N2O/c15-11-1-2-12(13(7-11)21-9-14(16,17)18)20-5-3-10(8-19)4-6-20/h1-2,7,10H,3-6,8-9,19H2. The Morgan fingerprint density at radius 3 is 2.48 bits per heavy atom. The van der Waals surface area contributed by atoms with Crippen molar-refractivity contribution in [2.75, 3.05) is 31.1 Å². The van der Waals surface area contributed by atoms with Crippen molar-refractivity contribution >= 4 is 5.69 Å². The van der Waals surface area contributed by atoms with Gasteiger partial charge in [0.05, 0.1) is 5.69 Å². The van der Waals surface area contributed by atoms with Crippen molar-refractivity contribution in [3.63, 3.8) is 0 Å². The Balaban J connectivity index is 2.11. The smallest absolute Gasteiger partial charge is 0.422 e. The van der Waals surface area contributed by atoms with Gasteiger partial charge in [0, 0.05) is 19.2 Å². The molecule has 1 saturated heterocycles. The molecular formula is C14H18F4N2O. The Kier molecular flexibility index (Phi) is 4.92. The molecule has 118 valence electrons. The molecule has 1 aromatic carbocycles. The fraction of sp³-hybridized carbons (Fsp3) is 0.571. The van der Waals surface area contributed by atoms with Crippen LogP contribution in [0.5, 0.6) is 5.75 Å². The second-order valence-corrected chi connectivity index (χ2v) is 5.18. The Morgan fingerprint density at radius 1 is 1.24 bits per heavy atom. The third-order valence-corrected chi connectivity index (χ3v) is 3.60. The number of anilines is 1. The highest BCUT2D eigenvalue weighted by atomic mass is 19.4. The Bertz CT molecular complexity index is 471. The van der Waals surface area contributed by atoms with Crippen molar-refractivity contribution in [2.45, 2.75) is 19.0 Å². The van der Waals surface area contributed by atoms with Crippen LogP contribution in [0.15, 0.2) is 18.2 Å². The summed E-state index contributed by atoms with van der Waals surface area (Å²) in [6, 6.07) is 3.69. The van der Waals surface area contributed by atoms with Gasteiger partial charge in [0.1, 0.15) is 11.6 Å². The average molecular weight is 306 g/mol. The highest BCUT2D eigenvalue weighted by molar-refractivity contribution is 5.59. The van der Waals surface area contributed by atoms with Crippen molar-refractivity contribution < 1.29 is 22.3 Å². The van der Waals surface area contributed by atoms with Gasteiger partial charge in [0.15, 0.2) is 6.61 Å². The van der Waals surface area contributed by atoms with Crippen LogP contribution in [0.25, 0.3) is 0 Å². The quantitative estimate of drug-likeness (QED) is 0.869. The second-order valence-electron chi connectivity index (χ2n) is 5.18. The summed E-state index contributed by atoms with van der Waals surface area (Å²) in [6.45, 7) is 0.531. The summed E-state index contributed by atoms with van der Waals surface area (Å²) in [5, 5.41) is 0. The van der Waals surface area contributed by atoms with Gasteiger partial charge >= 0.3 is 6.18 Å². The molecular weight excluding hydrogens is 288 g/mol. The van der Waals surface area contributed by atoms with Gasteiger partial charge in [-0.1, -0.05) is 0 Å². The van der Waals surface area contributed by atoms with Gasteiger partial charge in [-0.2, -0.15) is 13.2 Å². The van der Waals surface area contributed by atoms with Crippen molar-refractivity contribution in [3.8, 4) is 5.75 Å². The molecule has 0 amide bonds. The lowest BCUT2D eigenvalue weighted by atomic mass is 9.96. The summed E-state index contributed by atoms with van der Waals surface area (Å²) < 4.78 is 54.8. The number of piperidine rings is 1. The molecule has 0 aromatic heterocycles. The van der Waals surface area contributed by atoms with Crippen LogP contribution in [0.2, 0.25) is 0 Å². The van der Waals surface area contributed by atoms with Gasteiger partial charge in [-0.05, 0) is 37.4 Å². The minimum absolute atomic E-state index is 0.0708. The van der Waals surface area contributed by atoms with Gasteiger partial charge in [0.25, 0.3) is 0 Å². The van der Waals surface area contributed by atoms with E-state index in [0.717, 1.165) is 18.9 Å². The predicted octanol–water partition coefficient (Wildman–Crippen LogP) is 2.94. The third-order valence-electron chi connectivity index (χ3n) is 3.60. The third kappa shape index (κ3) is 4.49. The maximum Gasteiger partial charge on any atom is 0.422 e. The van der Waals surface area contributed by atoms with Crippen LogP contribution in [-0.4, -0.2) is 32.4 Å². The molecule has 1 aromatic rings. The van der Waals surface area contributed by atoms with E-state index in [1.54, 1.807) is 0 Å². The monoisotopic (exact) mass is 306 g/mol. The minimum atomic E-state index is -4.45. The molecule has 1 aliphatic rings. The minimum Gasteiger partial charge on any atom is -0.482 e. The molecule has 2 N–H and O–H groups in total. The molecule has 0 unspecified atom stereocenters. The van der Waals surface area contributed by atoms with E-state index in [0.29, 0.717) is 31.2 Å². The largest absolute Gasteiger partial charge is 0.482 e. The van der Waals surface area contributed by atoms with Crippen LogP contribution < -0.4 is 15.4 Å². The molecule has 0 spiro atoms. The molecule has 7 heteroatoms. The average Bonchev–Trinajstić information content (AvgIpc) is 2.45. The molecule has 0 atom stereocenters. The summed E-state index contributed by atoms with van der Waals surface area (Å²) in [6.07, 6.45) is -2.71. The van der Waals surface area contributed by atoms with E-state index >= 15 is 0 Å². The normalized spacial score (nSPS) is 17.1. The van der Waals surface area contributed by atoms with Crippen LogP contribution in [0, 0.1) is 11.7 Å². The first-order valence-corrected chi connectivity index (χ1v) is 6.83. The zero-order valence-electron chi connectivity index (χ0n) is 11.5. The van der Waals surface area contributed by atoms with Gasteiger partial charge in [0.2, 0.25) is 0 Å². The lowest BCUT2D eigenvalue weighted by molar-refractivity contribution is -0.153. The van der Waals surface area contributed by atoms with E-state index in [4.69, 9.17) is 10.5 Å². The SMILES string of the molecule is NCC1CCN(c2ccc(F)cc2OCC(F)(F)F)CC1. The molecule has 0 radical (unpaired) electrons. The second kappa shape index (κ2) is 6.51. The molecule has 1 heterocycles. The van der Waals surface area contributed by atoms with Crippen LogP contribution in [-0.2, 0) is 0 Å². The summed E-state index contributed by atoms with van der Waals surface area (Å²) in [4.78, 5) is 1.91. The maximum atomic E-state index is 13.3. The van der Waals surface area contributed by atoms with Crippen molar-refractivity contribution in [1.82, 2.24) is 0 Å². The van der Waals surface area contributed by atoms with E-state index in [-0.39, 0.29) is 5.75 Å². The topological polar surface area (TPSA) is 38.5 Å². The molecule has 1 fully saturated rings. The number of benzene rings is 1. The highest BCUT2D eigenvalue weighted by Crippen LogP contribution is 2.33. The number of hydrogen-bond donors (Lipinski definition) is 1. The lowest BCUT2D eigenvalue weighted by Gasteiger charge is -2.34. The summed E-state index contributed by atoms with van der Waals surface area (Å²) in [7, 11) is 0. The number of alkyl halides is 3. The highest BCUT2D eigenvalue weighted by Gasteiger charge is 2.29. The van der Waals surface area contributed by atoms with Gasteiger partial charge in [-0.3, -0.25) is 0 Å². The maximum absolute atomic E-state index is 13.3. The molecule has 3 nitrogen and oxygen atoms in total. The first kappa shape index (κ1) is 15.9. The van der Waals surface area contributed by atoms with Crippen molar-refractivity contribution in [1.29, 1.82) is 0 Å². The fourth-order valence-corrected chi connectivity index (χ4v) is 2.43. The number of nitrogens with two attached hydrogens (primary N) is 1. The van der Waals surface area contributed by atoms with Crippen LogP contribution in [0.4, 0.5) is 23.2 Å². The Morgan fingerprint density at radius 2 is 1.90 bits per heavy atom. The molecule has 0 aliphatic carbocycles. The van der Waals surface area contributed by atoms with E-state index < -0.39 is 18.6 Å². The summed E-state index contributed by atoms with van der Waals surface area (Å²) in [5.41, 5.74) is 6.11. The van der Waals surface area contributed by atoms with Crippen LogP contribution >= 0.6 is 0 Å². The van der Waals surface area contributed by atoms with Gasteiger partial charge < -0.3 is 15.4 Å². The summed E-state index contributed by atoms with van der Waals surface area (Å²) >= 11 is 0. The van der Waals surface area contributed by atoms with E-state index in [1.807, 2.05) is 4.90 Å². The number of ether oxygens (including phenoxy) is 1. The van der Waals surface area contributed by atoms with E-state index in [2.05, 4.69) is 0 Å². The Labute approximate surface area is 120 Å². The number of rotatable bonds is 4. The van der Waals surface area contributed by atoms with Gasteiger partial charge in [-0.15, -0.1) is 0 Å². The van der Waals surface area contributed by atoms with E-state index in [9.17, 15) is 17.6 Å². The van der Waals surface area contributed by atoms with Crippen LogP contribution in [0.1, 0.15) is 12.8 Å². The molecule has 21 heavy (non-hydrogen) atoms. The molecule has 1 aliphatic heterocycles. The Hall–Kier alpha value is -1.50. The fourth-order valence-electron chi connectivity index (χ4n) is 2.43. The van der Waals surface area contributed by atoms with Crippen molar-refractivity contribution in [2.24, 2.45) is 11.7 Å². The number of halogens is 4. The lowest BCUT2D eigenvalue weighted by Crippen LogP contribution is -2.36. The summed E-state index contributed by atoms with van der Waals surface area (Å²) in [5.74, 6) is -0.257. The molecule has 2 rings (SSSR count). The van der Waals surface area contributed by atoms with E-state index in [1.165, 1.54) is 12.1 Å².